The average Bonchev–Trinajstić information content (AvgIpc) is 3.04. The van der Waals surface area contributed by atoms with Crippen LogP contribution in [0.4, 0.5) is 5.69 Å². The van der Waals surface area contributed by atoms with Gasteiger partial charge in [0.1, 0.15) is 0 Å². The SMILES string of the molecule is CC(C)CSc1nnc(SCC(=O)NCc2ccc(N(C)C)cc2)s1. The summed E-state index contributed by atoms with van der Waals surface area (Å²) in [7, 11) is 4.02. The molecule has 2 rings (SSSR count). The molecule has 136 valence electrons. The number of hydrogen-bond donors (Lipinski definition) is 1. The van der Waals surface area contributed by atoms with Crippen molar-refractivity contribution in [3.63, 3.8) is 0 Å². The molecular formula is C17H24N4OS3. The number of hydrogen-bond acceptors (Lipinski definition) is 7. The molecule has 0 radical (unpaired) electrons. The van der Waals surface area contributed by atoms with E-state index >= 15 is 0 Å². The lowest BCUT2D eigenvalue weighted by atomic mass is 10.2. The highest BCUT2D eigenvalue weighted by Crippen LogP contribution is 2.29. The largest absolute Gasteiger partial charge is 0.378 e. The highest BCUT2D eigenvalue weighted by atomic mass is 32.2. The number of aromatic nitrogens is 2. The van der Waals surface area contributed by atoms with Gasteiger partial charge in [-0.25, -0.2) is 0 Å². The molecule has 0 atom stereocenters. The lowest BCUT2D eigenvalue weighted by Crippen LogP contribution is -2.24. The van der Waals surface area contributed by atoms with Gasteiger partial charge in [-0.2, -0.15) is 0 Å². The fourth-order valence-corrected chi connectivity index (χ4v) is 4.67. The molecule has 1 N–H and O–H groups in total. The Bertz CT molecular complexity index is 671. The second kappa shape index (κ2) is 10.0. The fourth-order valence-electron chi connectivity index (χ4n) is 1.84. The average molecular weight is 397 g/mol. The van der Waals surface area contributed by atoms with E-state index in [1.54, 1.807) is 23.1 Å². The first-order valence-electron chi connectivity index (χ1n) is 8.06. The zero-order chi connectivity index (χ0) is 18.2. The molecule has 5 nitrogen and oxygen atoms in total. The third-order valence-corrected chi connectivity index (χ3v) is 6.81. The molecule has 0 fully saturated rings. The van der Waals surface area contributed by atoms with Gasteiger partial charge in [0, 0.05) is 32.1 Å². The van der Waals surface area contributed by atoms with Crippen LogP contribution < -0.4 is 10.2 Å². The highest BCUT2D eigenvalue weighted by molar-refractivity contribution is 8.03. The van der Waals surface area contributed by atoms with Gasteiger partial charge in [0.25, 0.3) is 0 Å². The number of amides is 1. The van der Waals surface area contributed by atoms with Crippen LogP contribution in [-0.2, 0) is 11.3 Å². The molecule has 0 bridgehead atoms. The van der Waals surface area contributed by atoms with Crippen LogP contribution in [-0.4, -0.2) is 41.7 Å². The topological polar surface area (TPSA) is 58.1 Å². The molecule has 0 spiro atoms. The number of carbonyl (C=O) groups is 1. The van der Waals surface area contributed by atoms with E-state index in [4.69, 9.17) is 0 Å². The molecule has 0 aliphatic carbocycles. The van der Waals surface area contributed by atoms with Gasteiger partial charge in [0.2, 0.25) is 5.91 Å². The summed E-state index contributed by atoms with van der Waals surface area (Å²) in [5.41, 5.74) is 2.24. The van der Waals surface area contributed by atoms with Crippen LogP contribution in [0, 0.1) is 5.92 Å². The molecule has 0 unspecified atom stereocenters. The van der Waals surface area contributed by atoms with Crippen LogP contribution in [0.1, 0.15) is 19.4 Å². The monoisotopic (exact) mass is 396 g/mol. The van der Waals surface area contributed by atoms with Crippen molar-refractivity contribution < 1.29 is 4.79 Å². The van der Waals surface area contributed by atoms with Crippen LogP contribution in [0.15, 0.2) is 32.9 Å². The van der Waals surface area contributed by atoms with Crippen molar-refractivity contribution in [1.82, 2.24) is 15.5 Å². The first kappa shape index (κ1) is 20.1. The summed E-state index contributed by atoms with van der Waals surface area (Å²) >= 11 is 4.71. The summed E-state index contributed by atoms with van der Waals surface area (Å²) in [6.07, 6.45) is 0. The van der Waals surface area contributed by atoms with E-state index in [1.807, 2.05) is 38.4 Å². The minimum Gasteiger partial charge on any atom is -0.378 e. The minimum atomic E-state index is 0.00766. The van der Waals surface area contributed by atoms with Crippen LogP contribution in [0.25, 0.3) is 0 Å². The van der Waals surface area contributed by atoms with Gasteiger partial charge >= 0.3 is 0 Å². The molecule has 0 saturated carbocycles. The lowest BCUT2D eigenvalue weighted by Gasteiger charge is -2.12. The molecule has 1 aromatic carbocycles. The fraction of sp³-hybridized carbons (Fsp3) is 0.471. The van der Waals surface area contributed by atoms with E-state index in [1.165, 1.54) is 11.8 Å². The zero-order valence-electron chi connectivity index (χ0n) is 15.0. The number of carbonyl (C=O) groups excluding carboxylic acids is 1. The maximum atomic E-state index is 12.0. The van der Waals surface area contributed by atoms with Crippen LogP contribution >= 0.6 is 34.9 Å². The summed E-state index contributed by atoms with van der Waals surface area (Å²) < 4.78 is 1.81. The molecule has 0 aliphatic rings. The first-order valence-corrected chi connectivity index (χ1v) is 10.8. The molecule has 8 heteroatoms. The number of nitrogens with zero attached hydrogens (tertiary/aromatic N) is 3. The maximum Gasteiger partial charge on any atom is 0.230 e. The Balaban J connectivity index is 1.71. The van der Waals surface area contributed by atoms with Crippen molar-refractivity contribution in [2.24, 2.45) is 5.92 Å². The molecular weight excluding hydrogens is 372 g/mol. The Kier molecular flexibility index (Phi) is 8.05. The summed E-state index contributed by atoms with van der Waals surface area (Å²) in [6, 6.07) is 8.17. The summed E-state index contributed by atoms with van der Waals surface area (Å²) in [5, 5.41) is 11.2. The highest BCUT2D eigenvalue weighted by Gasteiger charge is 2.09. The Hall–Kier alpha value is -1.25. The Labute approximate surface area is 162 Å². The zero-order valence-corrected chi connectivity index (χ0v) is 17.4. The van der Waals surface area contributed by atoms with Gasteiger partial charge in [0.05, 0.1) is 5.75 Å². The van der Waals surface area contributed by atoms with Crippen molar-refractivity contribution in [3.05, 3.63) is 29.8 Å². The smallest absolute Gasteiger partial charge is 0.230 e. The quantitative estimate of drug-likeness (QED) is 0.651. The van der Waals surface area contributed by atoms with E-state index in [9.17, 15) is 4.79 Å². The number of anilines is 1. The van der Waals surface area contributed by atoms with Gasteiger partial charge in [-0.1, -0.05) is 60.8 Å². The Morgan fingerprint density at radius 2 is 1.80 bits per heavy atom. The van der Waals surface area contributed by atoms with Crippen LogP contribution in [0.5, 0.6) is 0 Å². The first-order chi connectivity index (χ1) is 11.9. The normalized spacial score (nSPS) is 10.9. The van der Waals surface area contributed by atoms with Crippen molar-refractivity contribution in [3.8, 4) is 0 Å². The lowest BCUT2D eigenvalue weighted by molar-refractivity contribution is -0.118. The van der Waals surface area contributed by atoms with Gasteiger partial charge in [0.15, 0.2) is 8.68 Å². The number of benzene rings is 1. The van der Waals surface area contributed by atoms with Crippen molar-refractivity contribution in [2.75, 3.05) is 30.5 Å². The van der Waals surface area contributed by atoms with Crippen molar-refractivity contribution >= 4 is 46.5 Å². The van der Waals surface area contributed by atoms with Crippen LogP contribution in [0.2, 0.25) is 0 Å². The standard InChI is InChI=1S/C17H24N4OS3/c1-12(2)10-23-16-19-20-17(25-16)24-11-15(22)18-9-13-5-7-14(8-6-13)21(3)4/h5-8,12H,9-11H2,1-4H3,(H,18,22). The molecule has 25 heavy (non-hydrogen) atoms. The van der Waals surface area contributed by atoms with Gasteiger partial charge in [-0.15, -0.1) is 10.2 Å². The van der Waals surface area contributed by atoms with E-state index in [2.05, 4.69) is 34.3 Å². The number of rotatable bonds is 9. The molecule has 0 aliphatic heterocycles. The van der Waals surface area contributed by atoms with Gasteiger partial charge < -0.3 is 10.2 Å². The van der Waals surface area contributed by atoms with Crippen LogP contribution in [0.3, 0.4) is 0 Å². The second-order valence-corrected chi connectivity index (χ2v) is 9.63. The van der Waals surface area contributed by atoms with Gasteiger partial charge in [-0.3, -0.25) is 4.79 Å². The molecule has 1 heterocycles. The number of nitrogens with one attached hydrogen (secondary N) is 1. The second-order valence-electron chi connectivity index (χ2n) is 6.17. The minimum absolute atomic E-state index is 0.00766. The summed E-state index contributed by atoms with van der Waals surface area (Å²) in [4.78, 5) is 14.0. The summed E-state index contributed by atoms with van der Waals surface area (Å²) in [6.45, 7) is 4.91. The molecule has 2 aromatic rings. The molecule has 0 saturated heterocycles. The van der Waals surface area contributed by atoms with E-state index < -0.39 is 0 Å². The van der Waals surface area contributed by atoms with Crippen molar-refractivity contribution in [2.45, 2.75) is 29.1 Å². The predicted molar refractivity (Wildman–Crippen MR) is 109 cm³/mol. The third-order valence-electron chi connectivity index (χ3n) is 3.20. The summed E-state index contributed by atoms with van der Waals surface area (Å²) in [5.74, 6) is 2.03. The number of thioether (sulfide) groups is 2. The van der Waals surface area contributed by atoms with Crippen molar-refractivity contribution in [1.29, 1.82) is 0 Å². The Morgan fingerprint density at radius 1 is 1.16 bits per heavy atom. The predicted octanol–water partition coefficient (Wildman–Crippen LogP) is 3.76. The molecule has 1 aromatic heterocycles. The van der Waals surface area contributed by atoms with Gasteiger partial charge in [-0.05, 0) is 23.6 Å². The maximum absolute atomic E-state index is 12.0. The third kappa shape index (κ3) is 7.25. The van der Waals surface area contributed by atoms with E-state index in [0.717, 1.165) is 25.7 Å². The van der Waals surface area contributed by atoms with E-state index in [0.29, 0.717) is 18.2 Å². The van der Waals surface area contributed by atoms with E-state index in [-0.39, 0.29) is 5.91 Å². The molecule has 1 amide bonds. The Morgan fingerprint density at radius 3 is 2.40 bits per heavy atom.